The molecule has 4 heterocycles. The molecule has 3 aromatic heterocycles. The second kappa shape index (κ2) is 7.87. The highest BCUT2D eigenvalue weighted by molar-refractivity contribution is 5.41. The van der Waals surface area contributed by atoms with Gasteiger partial charge in [-0.05, 0) is 44.4 Å². The average Bonchev–Trinajstić information content (AvgIpc) is 3.39. The highest BCUT2D eigenvalue weighted by atomic mass is 16.5. The minimum absolute atomic E-state index is 0.421. The van der Waals surface area contributed by atoms with Gasteiger partial charge >= 0.3 is 0 Å². The minimum Gasteiger partial charge on any atom is -0.381 e. The van der Waals surface area contributed by atoms with Gasteiger partial charge in [-0.2, -0.15) is 14.6 Å². The second-order valence-corrected chi connectivity index (χ2v) is 7.79. The van der Waals surface area contributed by atoms with Gasteiger partial charge in [0, 0.05) is 43.1 Å². The second-order valence-electron chi connectivity index (χ2n) is 7.79. The van der Waals surface area contributed by atoms with Gasteiger partial charge in [-0.1, -0.05) is 18.2 Å². The maximum atomic E-state index is 5.52. The summed E-state index contributed by atoms with van der Waals surface area (Å²) in [7, 11) is 0. The molecule has 1 aliphatic heterocycles. The number of nitrogens with zero attached hydrogens (tertiary/aromatic N) is 6. The smallest absolute Gasteiger partial charge is 0.254 e. The Hall–Kier alpha value is -3.26. The Labute approximate surface area is 174 Å². The molecule has 154 valence electrons. The van der Waals surface area contributed by atoms with Gasteiger partial charge in [-0.3, -0.25) is 0 Å². The lowest BCUT2D eigenvalue weighted by Crippen LogP contribution is -2.17. The van der Waals surface area contributed by atoms with Crippen LogP contribution in [0.5, 0.6) is 0 Å². The predicted octanol–water partition coefficient (Wildman–Crippen LogP) is 3.43. The van der Waals surface area contributed by atoms with Crippen LogP contribution in [-0.2, 0) is 11.3 Å². The van der Waals surface area contributed by atoms with E-state index in [0.717, 1.165) is 48.7 Å². The van der Waals surface area contributed by atoms with Gasteiger partial charge in [0.15, 0.2) is 0 Å². The number of aromatic nitrogens is 6. The van der Waals surface area contributed by atoms with Crippen LogP contribution >= 0.6 is 0 Å². The van der Waals surface area contributed by atoms with E-state index in [4.69, 9.17) is 4.74 Å². The molecule has 0 aliphatic carbocycles. The van der Waals surface area contributed by atoms with Gasteiger partial charge in [0.1, 0.15) is 0 Å². The van der Waals surface area contributed by atoms with Gasteiger partial charge in [-0.25, -0.2) is 9.67 Å². The Kier molecular flexibility index (Phi) is 4.92. The summed E-state index contributed by atoms with van der Waals surface area (Å²) in [5.74, 6) is 1.63. The molecule has 1 aromatic carbocycles. The van der Waals surface area contributed by atoms with E-state index in [0.29, 0.717) is 24.2 Å². The number of nitrogens with one attached hydrogen (secondary N) is 1. The molecule has 1 aliphatic rings. The fourth-order valence-corrected chi connectivity index (χ4v) is 3.96. The van der Waals surface area contributed by atoms with Gasteiger partial charge < -0.3 is 10.1 Å². The van der Waals surface area contributed by atoms with Crippen molar-refractivity contribution in [2.24, 2.45) is 0 Å². The monoisotopic (exact) mass is 403 g/mol. The van der Waals surface area contributed by atoms with Gasteiger partial charge in [0.2, 0.25) is 5.95 Å². The van der Waals surface area contributed by atoms with Crippen LogP contribution in [0.15, 0.2) is 42.7 Å². The van der Waals surface area contributed by atoms with E-state index in [-0.39, 0.29) is 0 Å². The Bertz CT molecular complexity index is 1170. The fraction of sp³-hybridized carbons (Fsp3) is 0.364. The molecule has 0 radical (unpaired) electrons. The normalized spacial score (nSPS) is 15.0. The van der Waals surface area contributed by atoms with E-state index in [2.05, 4.69) is 50.6 Å². The van der Waals surface area contributed by atoms with E-state index >= 15 is 0 Å². The number of fused-ring (bicyclic) bond motifs is 1. The molecule has 0 atom stereocenters. The molecule has 8 heteroatoms. The van der Waals surface area contributed by atoms with Crippen LogP contribution in [0.3, 0.4) is 0 Å². The van der Waals surface area contributed by atoms with Crippen molar-refractivity contribution in [2.45, 2.75) is 39.2 Å². The molecule has 5 rings (SSSR count). The summed E-state index contributed by atoms with van der Waals surface area (Å²) in [4.78, 5) is 9.16. The summed E-state index contributed by atoms with van der Waals surface area (Å²) in [5.41, 5.74) is 5.45. The quantitative estimate of drug-likeness (QED) is 0.550. The predicted molar refractivity (Wildman–Crippen MR) is 114 cm³/mol. The summed E-state index contributed by atoms with van der Waals surface area (Å²) < 4.78 is 9.29. The standard InChI is InChI=1S/C22H25N7O/c1-15-5-3-4-6-19(15)28-14-17(13-24-28)12-23-21-26-22-25-16(2)11-20(29(22)27-21)18-7-9-30-10-8-18/h3-6,11,13-14,18H,7-10,12H2,1-2H3,(H,23,27). The molecule has 0 bridgehead atoms. The minimum atomic E-state index is 0.421. The number of anilines is 1. The third-order valence-corrected chi connectivity index (χ3v) is 5.56. The zero-order chi connectivity index (χ0) is 20.5. The van der Waals surface area contributed by atoms with Crippen LogP contribution in [-0.4, -0.2) is 42.6 Å². The molecular weight excluding hydrogens is 378 g/mol. The number of hydrogen-bond donors (Lipinski definition) is 1. The summed E-state index contributed by atoms with van der Waals surface area (Å²) in [6.07, 6.45) is 5.89. The Balaban J connectivity index is 1.36. The molecule has 8 nitrogen and oxygen atoms in total. The van der Waals surface area contributed by atoms with Crippen LogP contribution in [0.25, 0.3) is 11.5 Å². The molecule has 0 saturated carbocycles. The molecule has 30 heavy (non-hydrogen) atoms. The van der Waals surface area contributed by atoms with E-state index < -0.39 is 0 Å². The van der Waals surface area contributed by atoms with Crippen molar-refractivity contribution in [1.29, 1.82) is 0 Å². The topological polar surface area (TPSA) is 82.2 Å². The average molecular weight is 403 g/mol. The highest BCUT2D eigenvalue weighted by Crippen LogP contribution is 2.27. The molecule has 0 unspecified atom stereocenters. The number of ether oxygens (including phenoxy) is 1. The molecule has 4 aromatic rings. The van der Waals surface area contributed by atoms with Gasteiger partial charge in [0.05, 0.1) is 17.6 Å². The molecule has 1 N–H and O–H groups in total. The summed E-state index contributed by atoms with van der Waals surface area (Å²) in [6.45, 7) is 6.26. The number of benzene rings is 1. The zero-order valence-corrected chi connectivity index (χ0v) is 17.2. The Morgan fingerprint density at radius 2 is 1.97 bits per heavy atom. The lowest BCUT2D eigenvalue weighted by Gasteiger charge is -2.22. The molecule has 0 amide bonds. The molecular formula is C22H25N7O. The summed E-state index contributed by atoms with van der Waals surface area (Å²) in [6, 6.07) is 10.3. The number of hydrogen-bond acceptors (Lipinski definition) is 6. The SMILES string of the molecule is Cc1cc(C2CCOCC2)n2nc(NCc3cnn(-c4ccccc4C)c3)nc2n1. The van der Waals surface area contributed by atoms with Gasteiger partial charge in [-0.15, -0.1) is 5.10 Å². The third kappa shape index (κ3) is 3.66. The lowest BCUT2D eigenvalue weighted by molar-refractivity contribution is 0.0840. The molecule has 0 spiro atoms. The maximum Gasteiger partial charge on any atom is 0.254 e. The van der Waals surface area contributed by atoms with Crippen molar-refractivity contribution in [3.63, 3.8) is 0 Å². The fourth-order valence-electron chi connectivity index (χ4n) is 3.96. The summed E-state index contributed by atoms with van der Waals surface area (Å²) >= 11 is 0. The van der Waals surface area contributed by atoms with Crippen LogP contribution in [0.4, 0.5) is 5.95 Å². The van der Waals surface area contributed by atoms with E-state index in [1.807, 2.05) is 40.6 Å². The maximum absolute atomic E-state index is 5.52. The molecule has 1 fully saturated rings. The summed E-state index contributed by atoms with van der Waals surface area (Å²) in [5, 5.41) is 12.5. The lowest BCUT2D eigenvalue weighted by atomic mass is 9.96. The zero-order valence-electron chi connectivity index (χ0n) is 17.2. The van der Waals surface area contributed by atoms with Crippen molar-refractivity contribution >= 4 is 11.7 Å². The Morgan fingerprint density at radius 1 is 1.13 bits per heavy atom. The van der Waals surface area contributed by atoms with Crippen molar-refractivity contribution in [1.82, 2.24) is 29.4 Å². The van der Waals surface area contributed by atoms with Crippen LogP contribution in [0.1, 0.15) is 41.3 Å². The largest absolute Gasteiger partial charge is 0.381 e. The molecule has 1 saturated heterocycles. The van der Waals surface area contributed by atoms with E-state index in [1.54, 1.807) is 0 Å². The van der Waals surface area contributed by atoms with Gasteiger partial charge in [0.25, 0.3) is 5.78 Å². The van der Waals surface area contributed by atoms with E-state index in [9.17, 15) is 0 Å². The first kappa shape index (κ1) is 18.7. The first-order valence-corrected chi connectivity index (χ1v) is 10.3. The number of rotatable bonds is 5. The third-order valence-electron chi connectivity index (χ3n) is 5.56. The van der Waals surface area contributed by atoms with Crippen molar-refractivity contribution in [2.75, 3.05) is 18.5 Å². The first-order valence-electron chi connectivity index (χ1n) is 10.3. The number of aryl methyl sites for hydroxylation is 2. The van der Waals surface area contributed by atoms with Crippen LogP contribution in [0.2, 0.25) is 0 Å². The van der Waals surface area contributed by atoms with Crippen molar-refractivity contribution < 1.29 is 4.74 Å². The Morgan fingerprint density at radius 3 is 2.80 bits per heavy atom. The first-order chi connectivity index (χ1) is 14.7. The van der Waals surface area contributed by atoms with Crippen molar-refractivity contribution in [3.05, 3.63) is 65.2 Å². The highest BCUT2D eigenvalue weighted by Gasteiger charge is 2.21. The van der Waals surface area contributed by atoms with Crippen LogP contribution in [0, 0.1) is 13.8 Å². The van der Waals surface area contributed by atoms with Crippen LogP contribution < -0.4 is 5.32 Å². The number of para-hydroxylation sites is 1. The van der Waals surface area contributed by atoms with Crippen molar-refractivity contribution in [3.8, 4) is 5.69 Å². The van der Waals surface area contributed by atoms with E-state index in [1.165, 1.54) is 5.56 Å².